The molecule has 0 aliphatic rings. The zero-order chi connectivity index (χ0) is 14.4. The lowest BCUT2D eigenvalue weighted by atomic mass is 10.00. The van der Waals surface area contributed by atoms with E-state index in [-0.39, 0.29) is 17.9 Å². The number of hydrogen-bond donors (Lipinski definition) is 0. The van der Waals surface area contributed by atoms with Gasteiger partial charge in [-0.2, -0.15) is 10.2 Å². The summed E-state index contributed by atoms with van der Waals surface area (Å²) < 4.78 is 13.0. The maximum absolute atomic E-state index is 13.0. The first-order valence-corrected chi connectivity index (χ1v) is 6.84. The third-order valence-electron chi connectivity index (χ3n) is 2.96. The van der Waals surface area contributed by atoms with Gasteiger partial charge in [0.15, 0.2) is 0 Å². The van der Waals surface area contributed by atoms with Crippen LogP contribution in [0, 0.1) is 5.82 Å². The predicted octanol–water partition coefficient (Wildman–Crippen LogP) is 4.97. The van der Waals surface area contributed by atoms with Crippen molar-refractivity contribution in [1.82, 2.24) is 0 Å². The van der Waals surface area contributed by atoms with Crippen LogP contribution < -0.4 is 0 Å². The summed E-state index contributed by atoms with van der Waals surface area (Å²) in [5.41, 5.74) is 2.18. The average molecular weight is 270 g/mol. The smallest absolute Gasteiger partial charge is 0.123 e. The largest absolute Gasteiger partial charge is 0.207 e. The van der Waals surface area contributed by atoms with Crippen LogP contribution in [0.1, 0.15) is 31.0 Å². The first-order valence-electron chi connectivity index (χ1n) is 6.84. The van der Waals surface area contributed by atoms with Crippen LogP contribution in [-0.4, -0.2) is 6.04 Å². The Balaban J connectivity index is 2.20. The van der Waals surface area contributed by atoms with Gasteiger partial charge in [0, 0.05) is 6.42 Å². The van der Waals surface area contributed by atoms with Gasteiger partial charge in [0.05, 0.1) is 12.1 Å². The van der Waals surface area contributed by atoms with Crippen LogP contribution in [0.2, 0.25) is 0 Å². The van der Waals surface area contributed by atoms with Gasteiger partial charge in [-0.15, -0.1) is 0 Å². The van der Waals surface area contributed by atoms with E-state index in [9.17, 15) is 4.39 Å². The fourth-order valence-electron chi connectivity index (χ4n) is 1.96. The molecule has 3 heteroatoms. The number of hydrogen-bond acceptors (Lipinski definition) is 2. The van der Waals surface area contributed by atoms with Gasteiger partial charge in [-0.3, -0.25) is 0 Å². The molecule has 2 aromatic carbocycles. The number of azo groups is 1. The van der Waals surface area contributed by atoms with Gasteiger partial charge in [-0.05, 0) is 37.1 Å². The lowest BCUT2D eigenvalue weighted by Crippen LogP contribution is -2.01. The Morgan fingerprint density at radius 3 is 2.15 bits per heavy atom. The van der Waals surface area contributed by atoms with Gasteiger partial charge in [-0.1, -0.05) is 42.5 Å². The molecule has 2 aromatic rings. The third-order valence-corrected chi connectivity index (χ3v) is 2.96. The van der Waals surface area contributed by atoms with Gasteiger partial charge in [0.25, 0.3) is 0 Å². The Hall–Kier alpha value is -2.03. The molecular formula is C17H19FN2. The van der Waals surface area contributed by atoms with Crippen LogP contribution >= 0.6 is 0 Å². The van der Waals surface area contributed by atoms with E-state index >= 15 is 0 Å². The van der Waals surface area contributed by atoms with E-state index in [0.717, 1.165) is 17.5 Å². The molecule has 104 valence electrons. The highest BCUT2D eigenvalue weighted by atomic mass is 19.1. The number of halogens is 1. The normalized spacial score (nSPS) is 13.0. The maximum atomic E-state index is 13.0. The molecular weight excluding hydrogens is 251 g/mol. The summed E-state index contributed by atoms with van der Waals surface area (Å²) in [6.45, 7) is 4.01. The molecule has 0 bridgehead atoms. The van der Waals surface area contributed by atoms with E-state index in [1.165, 1.54) is 12.1 Å². The molecule has 0 N–H and O–H groups in total. The van der Waals surface area contributed by atoms with Crippen molar-refractivity contribution in [3.63, 3.8) is 0 Å². The second kappa shape index (κ2) is 6.94. The Morgan fingerprint density at radius 2 is 1.55 bits per heavy atom. The summed E-state index contributed by atoms with van der Waals surface area (Å²) >= 11 is 0. The Bertz CT molecular complexity index is 547. The SMILES string of the molecule is CC(C)N=NC(Cc1ccc(F)cc1)c1ccccc1. The van der Waals surface area contributed by atoms with E-state index in [0.29, 0.717) is 0 Å². The lowest BCUT2D eigenvalue weighted by Gasteiger charge is -2.12. The van der Waals surface area contributed by atoms with Crippen LogP contribution in [0.4, 0.5) is 4.39 Å². The highest BCUT2D eigenvalue weighted by molar-refractivity contribution is 5.24. The third kappa shape index (κ3) is 4.26. The summed E-state index contributed by atoms with van der Waals surface area (Å²) in [6.07, 6.45) is 0.723. The monoisotopic (exact) mass is 270 g/mol. The van der Waals surface area contributed by atoms with Crippen molar-refractivity contribution in [3.8, 4) is 0 Å². The second-order valence-corrected chi connectivity index (χ2v) is 5.08. The Kier molecular flexibility index (Phi) is 4.99. The first kappa shape index (κ1) is 14.4. The van der Waals surface area contributed by atoms with E-state index in [1.807, 2.05) is 44.2 Å². The molecule has 0 heterocycles. The van der Waals surface area contributed by atoms with Gasteiger partial charge in [-0.25, -0.2) is 4.39 Å². The first-order chi connectivity index (χ1) is 9.65. The van der Waals surface area contributed by atoms with Crippen molar-refractivity contribution in [3.05, 3.63) is 71.5 Å². The molecule has 0 spiro atoms. The second-order valence-electron chi connectivity index (χ2n) is 5.08. The summed E-state index contributed by atoms with van der Waals surface area (Å²) in [7, 11) is 0. The van der Waals surface area contributed by atoms with Crippen molar-refractivity contribution in [1.29, 1.82) is 0 Å². The van der Waals surface area contributed by atoms with Crippen LogP contribution in [0.25, 0.3) is 0 Å². The fourth-order valence-corrected chi connectivity index (χ4v) is 1.96. The molecule has 2 nitrogen and oxygen atoms in total. The molecule has 0 aliphatic carbocycles. The van der Waals surface area contributed by atoms with Crippen LogP contribution in [0.3, 0.4) is 0 Å². The van der Waals surface area contributed by atoms with E-state index in [2.05, 4.69) is 10.2 Å². The number of rotatable bonds is 5. The fraction of sp³-hybridized carbons (Fsp3) is 0.294. The van der Waals surface area contributed by atoms with Crippen molar-refractivity contribution < 1.29 is 4.39 Å². The molecule has 20 heavy (non-hydrogen) atoms. The van der Waals surface area contributed by atoms with Crippen LogP contribution in [0.15, 0.2) is 64.8 Å². The molecule has 0 aliphatic heterocycles. The summed E-state index contributed by atoms with van der Waals surface area (Å²) in [4.78, 5) is 0. The van der Waals surface area contributed by atoms with Crippen LogP contribution in [0.5, 0.6) is 0 Å². The predicted molar refractivity (Wildman–Crippen MR) is 79.3 cm³/mol. The van der Waals surface area contributed by atoms with Gasteiger partial charge >= 0.3 is 0 Å². The number of benzene rings is 2. The van der Waals surface area contributed by atoms with E-state index in [1.54, 1.807) is 12.1 Å². The van der Waals surface area contributed by atoms with Gasteiger partial charge < -0.3 is 0 Å². The van der Waals surface area contributed by atoms with Gasteiger partial charge in [0.1, 0.15) is 5.82 Å². The lowest BCUT2D eigenvalue weighted by molar-refractivity contribution is 0.617. The topological polar surface area (TPSA) is 24.7 Å². The molecule has 0 saturated carbocycles. The Labute approximate surface area is 119 Å². The minimum atomic E-state index is -0.214. The number of nitrogens with zero attached hydrogens (tertiary/aromatic N) is 2. The average Bonchev–Trinajstić information content (AvgIpc) is 2.46. The summed E-state index contributed by atoms with van der Waals surface area (Å²) in [6, 6.07) is 16.8. The molecule has 0 amide bonds. The summed E-state index contributed by atoms with van der Waals surface area (Å²) in [5.74, 6) is -0.214. The molecule has 2 rings (SSSR count). The van der Waals surface area contributed by atoms with Crippen molar-refractivity contribution in [2.24, 2.45) is 10.2 Å². The Morgan fingerprint density at radius 1 is 0.900 bits per heavy atom. The molecule has 0 saturated heterocycles. The quantitative estimate of drug-likeness (QED) is 0.685. The van der Waals surface area contributed by atoms with Crippen molar-refractivity contribution in [2.45, 2.75) is 32.4 Å². The highest BCUT2D eigenvalue weighted by Crippen LogP contribution is 2.23. The minimum absolute atomic E-state index is 0.0240. The molecule has 1 atom stereocenters. The van der Waals surface area contributed by atoms with Gasteiger partial charge in [0.2, 0.25) is 0 Å². The molecule has 0 fully saturated rings. The zero-order valence-corrected chi connectivity index (χ0v) is 11.8. The van der Waals surface area contributed by atoms with Crippen LogP contribution in [-0.2, 0) is 6.42 Å². The molecule has 1 unspecified atom stereocenters. The van der Waals surface area contributed by atoms with E-state index in [4.69, 9.17) is 0 Å². The molecule has 0 radical (unpaired) electrons. The van der Waals surface area contributed by atoms with Crippen molar-refractivity contribution >= 4 is 0 Å². The highest BCUT2D eigenvalue weighted by Gasteiger charge is 2.11. The van der Waals surface area contributed by atoms with Crippen molar-refractivity contribution in [2.75, 3.05) is 0 Å². The maximum Gasteiger partial charge on any atom is 0.123 e. The van der Waals surface area contributed by atoms with E-state index < -0.39 is 0 Å². The molecule has 0 aromatic heterocycles. The standard InChI is InChI=1S/C17H19FN2/c1-13(2)19-20-17(15-6-4-3-5-7-15)12-14-8-10-16(18)11-9-14/h3-11,13,17H,12H2,1-2H3. The minimum Gasteiger partial charge on any atom is -0.207 e. The zero-order valence-electron chi connectivity index (χ0n) is 11.8. The summed E-state index contributed by atoms with van der Waals surface area (Å²) in [5, 5.41) is 8.71.